The first-order chi connectivity index (χ1) is 16.9. The van der Waals surface area contributed by atoms with Crippen LogP contribution in [-0.4, -0.2) is 40.2 Å². The number of methoxy groups -OCH3 is 1. The molecule has 1 atom stereocenters. The Bertz CT molecular complexity index is 1350. The molecule has 0 aliphatic heterocycles. The summed E-state index contributed by atoms with van der Waals surface area (Å²) in [7, 11) is 1.36. The van der Waals surface area contributed by atoms with Crippen LogP contribution >= 0.6 is 0 Å². The highest BCUT2D eigenvalue weighted by molar-refractivity contribution is 6.00. The number of fused-ring (bicyclic) bond motifs is 1. The Balaban J connectivity index is 1.61. The lowest BCUT2D eigenvalue weighted by molar-refractivity contribution is -0.142. The van der Waals surface area contributed by atoms with Gasteiger partial charge in [-0.3, -0.25) is 4.79 Å². The highest BCUT2D eigenvalue weighted by Crippen LogP contribution is 2.26. The maximum atomic E-state index is 13.1. The molecule has 0 aliphatic rings. The second-order valence-corrected chi connectivity index (χ2v) is 8.41. The number of hydrogen-bond acceptors (Lipinski definition) is 8. The molecule has 2 heterocycles. The van der Waals surface area contributed by atoms with E-state index in [1.54, 1.807) is 6.92 Å². The van der Waals surface area contributed by atoms with Crippen LogP contribution in [0.1, 0.15) is 35.8 Å². The van der Waals surface area contributed by atoms with Gasteiger partial charge in [-0.05, 0) is 25.0 Å². The first-order valence-electron chi connectivity index (χ1n) is 11.3. The van der Waals surface area contributed by atoms with Crippen molar-refractivity contribution < 1.29 is 18.8 Å². The molecule has 0 fully saturated rings. The smallest absolute Gasteiger partial charge is 0.328 e. The molecule has 4 rings (SSSR count). The third-order valence-electron chi connectivity index (χ3n) is 5.61. The number of amides is 1. The van der Waals surface area contributed by atoms with E-state index in [-0.39, 0.29) is 24.3 Å². The molecule has 2 aromatic carbocycles. The topological polar surface area (TPSA) is 119 Å². The zero-order chi connectivity index (χ0) is 24.9. The number of ether oxygens (including phenoxy) is 1. The number of aryl methyl sites for hydroxylation is 1. The molecule has 0 spiro atoms. The summed E-state index contributed by atoms with van der Waals surface area (Å²) in [5.74, 6) is 0.545. The van der Waals surface area contributed by atoms with Crippen molar-refractivity contribution in [3.63, 3.8) is 0 Å². The summed E-state index contributed by atoms with van der Waals surface area (Å²) in [5, 5.41) is 10.9. The number of aromatic nitrogens is 3. The van der Waals surface area contributed by atoms with E-state index >= 15 is 0 Å². The molecular weight excluding hydrogens is 446 g/mol. The molecule has 9 heteroatoms. The predicted octanol–water partition coefficient (Wildman–Crippen LogP) is 4.13. The molecule has 1 unspecified atom stereocenters. The van der Waals surface area contributed by atoms with Crippen molar-refractivity contribution in [3.8, 4) is 11.3 Å². The number of esters is 1. The van der Waals surface area contributed by atoms with E-state index in [0.717, 1.165) is 10.9 Å². The van der Waals surface area contributed by atoms with Gasteiger partial charge in [-0.2, -0.15) is 0 Å². The summed E-state index contributed by atoms with van der Waals surface area (Å²) >= 11 is 0. The number of hydrogen-bond donors (Lipinski definition) is 2. The summed E-state index contributed by atoms with van der Waals surface area (Å²) in [6, 6.07) is 16.3. The van der Waals surface area contributed by atoms with Crippen LogP contribution in [0.15, 0.2) is 59.1 Å². The molecule has 35 heavy (non-hydrogen) atoms. The van der Waals surface area contributed by atoms with E-state index in [1.165, 1.54) is 7.11 Å². The van der Waals surface area contributed by atoms with Crippen LogP contribution in [0.4, 0.5) is 5.82 Å². The lowest BCUT2D eigenvalue weighted by Crippen LogP contribution is -2.36. The van der Waals surface area contributed by atoms with E-state index in [9.17, 15) is 9.59 Å². The lowest BCUT2D eigenvalue weighted by Gasteiger charge is -2.21. The van der Waals surface area contributed by atoms with Crippen molar-refractivity contribution in [2.45, 2.75) is 33.4 Å². The fourth-order valence-electron chi connectivity index (χ4n) is 3.77. The van der Waals surface area contributed by atoms with Crippen LogP contribution in [0.2, 0.25) is 0 Å². The van der Waals surface area contributed by atoms with Gasteiger partial charge in [0, 0.05) is 10.9 Å². The number of carbonyl (C=O) groups is 2. The molecule has 0 radical (unpaired) electrons. The van der Waals surface area contributed by atoms with Gasteiger partial charge in [-0.1, -0.05) is 61.5 Å². The summed E-state index contributed by atoms with van der Waals surface area (Å²) in [5.41, 5.74) is 2.30. The van der Waals surface area contributed by atoms with Crippen LogP contribution in [-0.2, 0) is 16.1 Å². The van der Waals surface area contributed by atoms with Crippen LogP contribution in [0.25, 0.3) is 22.2 Å². The van der Waals surface area contributed by atoms with Gasteiger partial charge >= 0.3 is 5.97 Å². The van der Waals surface area contributed by atoms with Gasteiger partial charge in [0.25, 0.3) is 5.91 Å². The van der Waals surface area contributed by atoms with Crippen molar-refractivity contribution in [1.29, 1.82) is 0 Å². The van der Waals surface area contributed by atoms with E-state index in [1.807, 2.05) is 68.4 Å². The zero-order valence-corrected chi connectivity index (χ0v) is 20.0. The van der Waals surface area contributed by atoms with Gasteiger partial charge in [-0.25, -0.2) is 14.8 Å². The molecule has 180 valence electrons. The Hall–Kier alpha value is -4.27. The average molecular weight is 474 g/mol. The summed E-state index contributed by atoms with van der Waals surface area (Å²) in [4.78, 5) is 34.6. The van der Waals surface area contributed by atoms with Gasteiger partial charge in [0.2, 0.25) is 0 Å². The Morgan fingerprint density at radius 2 is 1.74 bits per heavy atom. The van der Waals surface area contributed by atoms with Gasteiger partial charge in [0.05, 0.1) is 19.2 Å². The number of nitrogens with one attached hydrogen (secondary N) is 2. The van der Waals surface area contributed by atoms with E-state index in [4.69, 9.17) is 9.26 Å². The van der Waals surface area contributed by atoms with Crippen molar-refractivity contribution >= 4 is 28.6 Å². The lowest BCUT2D eigenvalue weighted by atomic mass is 10.0. The molecule has 0 saturated heterocycles. The SMILES string of the molecule is COC(=O)C(Nc1nc(CNC(=O)c2c(-c3ccccc3)noc2C)nc2ccccc12)C(C)C. The number of anilines is 1. The van der Waals surface area contributed by atoms with E-state index < -0.39 is 6.04 Å². The minimum absolute atomic E-state index is 0.0349. The van der Waals surface area contributed by atoms with E-state index in [0.29, 0.717) is 34.2 Å². The predicted molar refractivity (Wildman–Crippen MR) is 132 cm³/mol. The highest BCUT2D eigenvalue weighted by Gasteiger charge is 2.25. The molecular formula is C26H27N5O4. The Labute approximate surface area is 202 Å². The zero-order valence-electron chi connectivity index (χ0n) is 20.0. The Kier molecular flexibility index (Phi) is 7.05. The maximum Gasteiger partial charge on any atom is 0.328 e. The summed E-state index contributed by atoms with van der Waals surface area (Å²) in [6.45, 7) is 5.61. The monoisotopic (exact) mass is 473 g/mol. The molecule has 9 nitrogen and oxygen atoms in total. The van der Waals surface area contributed by atoms with Crippen LogP contribution < -0.4 is 10.6 Å². The van der Waals surface area contributed by atoms with Crippen molar-refractivity contribution in [2.75, 3.05) is 12.4 Å². The average Bonchev–Trinajstić information content (AvgIpc) is 3.27. The van der Waals surface area contributed by atoms with Crippen molar-refractivity contribution in [2.24, 2.45) is 5.92 Å². The van der Waals surface area contributed by atoms with E-state index in [2.05, 4.69) is 25.8 Å². The fourth-order valence-corrected chi connectivity index (χ4v) is 3.77. The minimum atomic E-state index is -0.589. The van der Waals surface area contributed by atoms with Gasteiger partial charge in [-0.15, -0.1) is 0 Å². The fraction of sp³-hybridized carbons (Fsp3) is 0.269. The number of carbonyl (C=O) groups excluding carboxylic acids is 2. The first kappa shape index (κ1) is 23.9. The number of benzene rings is 2. The quantitative estimate of drug-likeness (QED) is 0.367. The third-order valence-corrected chi connectivity index (χ3v) is 5.61. The minimum Gasteiger partial charge on any atom is -0.467 e. The van der Waals surface area contributed by atoms with Gasteiger partial charge in [0.1, 0.15) is 28.9 Å². The molecule has 0 saturated carbocycles. The van der Waals surface area contributed by atoms with Crippen LogP contribution in [0.3, 0.4) is 0 Å². The van der Waals surface area contributed by atoms with Gasteiger partial charge < -0.3 is 19.9 Å². The molecule has 0 bridgehead atoms. The number of nitrogens with zero attached hydrogens (tertiary/aromatic N) is 3. The molecule has 0 aliphatic carbocycles. The summed E-state index contributed by atoms with van der Waals surface area (Å²) in [6.07, 6.45) is 0. The summed E-state index contributed by atoms with van der Waals surface area (Å²) < 4.78 is 10.3. The van der Waals surface area contributed by atoms with Crippen molar-refractivity contribution in [3.05, 3.63) is 71.7 Å². The molecule has 1 amide bonds. The molecule has 4 aromatic rings. The first-order valence-corrected chi connectivity index (χ1v) is 11.3. The Morgan fingerprint density at radius 1 is 1.03 bits per heavy atom. The Morgan fingerprint density at radius 3 is 2.46 bits per heavy atom. The normalized spacial score (nSPS) is 11.9. The second kappa shape index (κ2) is 10.3. The largest absolute Gasteiger partial charge is 0.467 e. The van der Waals surface area contributed by atoms with Crippen LogP contribution in [0.5, 0.6) is 0 Å². The maximum absolute atomic E-state index is 13.1. The van der Waals surface area contributed by atoms with Gasteiger partial charge in [0.15, 0.2) is 5.82 Å². The standard InChI is InChI=1S/C26H27N5O4/c1-15(2)22(26(33)34-4)30-24-18-12-8-9-13-19(18)28-20(29-24)14-27-25(32)21-16(3)35-31-23(21)17-10-6-5-7-11-17/h5-13,15,22H,14H2,1-4H3,(H,27,32)(H,28,29,30). The molecule has 2 aromatic heterocycles. The number of rotatable bonds is 8. The number of para-hydroxylation sites is 1. The molecule has 2 N–H and O–H groups in total. The highest BCUT2D eigenvalue weighted by atomic mass is 16.5. The van der Waals surface area contributed by atoms with Crippen molar-refractivity contribution in [1.82, 2.24) is 20.4 Å². The second-order valence-electron chi connectivity index (χ2n) is 8.41. The van der Waals surface area contributed by atoms with Crippen LogP contribution in [0, 0.1) is 12.8 Å². The third kappa shape index (κ3) is 5.13.